The Morgan fingerprint density at radius 3 is 2.65 bits per heavy atom. The molecule has 1 aliphatic rings. The third-order valence-electron chi connectivity index (χ3n) is 4.38. The van der Waals surface area contributed by atoms with Crippen molar-refractivity contribution in [2.24, 2.45) is 0 Å². The maximum absolute atomic E-state index is 12.6. The molecule has 1 unspecified atom stereocenters. The third kappa shape index (κ3) is 4.62. The van der Waals surface area contributed by atoms with Crippen LogP contribution in [0.3, 0.4) is 0 Å². The summed E-state index contributed by atoms with van der Waals surface area (Å²) in [5, 5.41) is 3.38. The average Bonchev–Trinajstić information content (AvgIpc) is 2.67. The van der Waals surface area contributed by atoms with E-state index in [-0.39, 0.29) is 10.9 Å². The molecule has 0 saturated heterocycles. The van der Waals surface area contributed by atoms with Gasteiger partial charge in [0, 0.05) is 19.7 Å². The highest BCUT2D eigenvalue weighted by molar-refractivity contribution is 7.89. The molecule has 3 rings (SSSR count). The van der Waals surface area contributed by atoms with Gasteiger partial charge in [-0.3, -0.25) is 0 Å². The van der Waals surface area contributed by atoms with Crippen molar-refractivity contribution >= 4 is 10.0 Å². The molecule has 0 spiro atoms. The van der Waals surface area contributed by atoms with Gasteiger partial charge < -0.3 is 14.8 Å². The van der Waals surface area contributed by atoms with Crippen LogP contribution in [-0.2, 0) is 21.2 Å². The van der Waals surface area contributed by atoms with Crippen LogP contribution in [0.15, 0.2) is 53.4 Å². The first-order valence-corrected chi connectivity index (χ1v) is 10.1. The molecule has 2 N–H and O–H groups in total. The summed E-state index contributed by atoms with van der Waals surface area (Å²) in [6.45, 7) is 2.06. The smallest absolute Gasteiger partial charge is 0.240 e. The van der Waals surface area contributed by atoms with Crippen molar-refractivity contribution in [2.75, 3.05) is 33.4 Å². The molecule has 2 aromatic rings. The van der Waals surface area contributed by atoms with E-state index in [0.29, 0.717) is 25.5 Å². The summed E-state index contributed by atoms with van der Waals surface area (Å²) in [5.74, 6) is 0.615. The van der Waals surface area contributed by atoms with Crippen molar-refractivity contribution in [3.63, 3.8) is 0 Å². The second-order valence-corrected chi connectivity index (χ2v) is 7.89. The molecule has 140 valence electrons. The van der Waals surface area contributed by atoms with Crippen LogP contribution in [0.25, 0.3) is 0 Å². The second kappa shape index (κ2) is 8.64. The van der Waals surface area contributed by atoms with Crippen LogP contribution >= 0.6 is 0 Å². The molecule has 2 aromatic carbocycles. The van der Waals surface area contributed by atoms with Crippen molar-refractivity contribution in [1.29, 1.82) is 0 Å². The number of sulfonamides is 1. The SMILES string of the molecule is COCCOc1ccc(S(=O)(=O)NCC2NCCc3ccccc32)cc1. The number of ether oxygens (including phenoxy) is 2. The molecular weight excluding hydrogens is 352 g/mol. The van der Waals surface area contributed by atoms with Crippen molar-refractivity contribution in [3.05, 3.63) is 59.7 Å². The molecule has 0 aliphatic carbocycles. The number of fused-ring (bicyclic) bond motifs is 1. The first kappa shape index (κ1) is 18.8. The first-order chi connectivity index (χ1) is 12.6. The quantitative estimate of drug-likeness (QED) is 0.688. The normalized spacial score (nSPS) is 16.9. The van der Waals surface area contributed by atoms with E-state index in [1.54, 1.807) is 31.4 Å². The molecule has 0 saturated carbocycles. The highest BCUT2D eigenvalue weighted by atomic mass is 32.2. The van der Waals surface area contributed by atoms with Crippen molar-refractivity contribution < 1.29 is 17.9 Å². The third-order valence-corrected chi connectivity index (χ3v) is 5.82. The number of hydrogen-bond acceptors (Lipinski definition) is 5. The minimum Gasteiger partial charge on any atom is -0.491 e. The van der Waals surface area contributed by atoms with Crippen molar-refractivity contribution in [3.8, 4) is 5.75 Å². The van der Waals surface area contributed by atoms with Crippen LogP contribution in [0.2, 0.25) is 0 Å². The van der Waals surface area contributed by atoms with E-state index in [4.69, 9.17) is 9.47 Å². The molecule has 0 radical (unpaired) electrons. The van der Waals surface area contributed by atoms with E-state index >= 15 is 0 Å². The molecule has 26 heavy (non-hydrogen) atoms. The number of nitrogens with one attached hydrogen (secondary N) is 2. The Hall–Kier alpha value is -1.93. The first-order valence-electron chi connectivity index (χ1n) is 8.63. The topological polar surface area (TPSA) is 76.7 Å². The van der Waals surface area contributed by atoms with E-state index in [1.807, 2.05) is 18.2 Å². The number of benzene rings is 2. The van der Waals surface area contributed by atoms with Crippen LogP contribution < -0.4 is 14.8 Å². The Morgan fingerprint density at radius 2 is 1.88 bits per heavy atom. The molecule has 7 heteroatoms. The summed E-state index contributed by atoms with van der Waals surface area (Å²) >= 11 is 0. The Kier molecular flexibility index (Phi) is 6.26. The van der Waals surface area contributed by atoms with Crippen LogP contribution in [0.1, 0.15) is 17.2 Å². The fourth-order valence-corrected chi connectivity index (χ4v) is 4.06. The summed E-state index contributed by atoms with van der Waals surface area (Å²) in [6.07, 6.45) is 0.962. The lowest BCUT2D eigenvalue weighted by Crippen LogP contribution is -2.38. The summed E-state index contributed by atoms with van der Waals surface area (Å²) < 4.78 is 38.2. The Bertz CT molecular complexity index is 822. The van der Waals surface area contributed by atoms with Gasteiger partial charge in [0.1, 0.15) is 12.4 Å². The standard InChI is InChI=1S/C19H24N2O4S/c1-24-12-13-25-16-6-8-17(9-7-16)26(22,23)21-14-19-18-5-3-2-4-15(18)10-11-20-19/h2-9,19-21H,10-14H2,1H3. The van der Waals surface area contributed by atoms with Gasteiger partial charge in [-0.15, -0.1) is 0 Å². The molecule has 0 bridgehead atoms. The van der Waals surface area contributed by atoms with E-state index in [0.717, 1.165) is 18.5 Å². The van der Waals surface area contributed by atoms with Gasteiger partial charge in [-0.2, -0.15) is 0 Å². The Morgan fingerprint density at radius 1 is 1.12 bits per heavy atom. The predicted octanol–water partition coefficient (Wildman–Crippen LogP) is 1.88. The lowest BCUT2D eigenvalue weighted by Gasteiger charge is -2.27. The van der Waals surface area contributed by atoms with Gasteiger partial charge in [-0.1, -0.05) is 24.3 Å². The summed E-state index contributed by atoms with van der Waals surface area (Å²) in [7, 11) is -1.97. The van der Waals surface area contributed by atoms with Crippen molar-refractivity contribution in [2.45, 2.75) is 17.4 Å². The monoisotopic (exact) mass is 376 g/mol. The molecule has 1 atom stereocenters. The maximum atomic E-state index is 12.6. The van der Waals surface area contributed by atoms with Gasteiger partial charge in [0.05, 0.1) is 11.5 Å². The summed E-state index contributed by atoms with van der Waals surface area (Å²) in [6, 6.07) is 14.5. The van der Waals surface area contributed by atoms with Gasteiger partial charge in [0.25, 0.3) is 0 Å². The number of hydrogen-bond donors (Lipinski definition) is 2. The Labute approximate surface area is 154 Å². The zero-order valence-corrected chi connectivity index (χ0v) is 15.6. The average molecular weight is 376 g/mol. The van der Waals surface area contributed by atoms with E-state index in [2.05, 4.69) is 16.1 Å². The predicted molar refractivity (Wildman–Crippen MR) is 99.9 cm³/mol. The van der Waals surface area contributed by atoms with E-state index in [1.165, 1.54) is 5.56 Å². The molecule has 1 heterocycles. The maximum Gasteiger partial charge on any atom is 0.240 e. The minimum atomic E-state index is -3.57. The van der Waals surface area contributed by atoms with Crippen LogP contribution in [0, 0.1) is 0 Å². The van der Waals surface area contributed by atoms with Gasteiger partial charge in [0.2, 0.25) is 10.0 Å². The van der Waals surface area contributed by atoms with Crippen LogP contribution in [-0.4, -0.2) is 41.8 Å². The zero-order chi connectivity index (χ0) is 18.4. The van der Waals surface area contributed by atoms with Crippen LogP contribution in [0.4, 0.5) is 0 Å². The van der Waals surface area contributed by atoms with Gasteiger partial charge >= 0.3 is 0 Å². The fourth-order valence-electron chi connectivity index (χ4n) is 3.01. The fraction of sp³-hybridized carbons (Fsp3) is 0.368. The minimum absolute atomic E-state index is 0.0219. The van der Waals surface area contributed by atoms with E-state index in [9.17, 15) is 8.42 Å². The Balaban J connectivity index is 1.63. The highest BCUT2D eigenvalue weighted by Gasteiger charge is 2.22. The molecule has 0 fully saturated rings. The zero-order valence-electron chi connectivity index (χ0n) is 14.8. The largest absolute Gasteiger partial charge is 0.491 e. The molecule has 6 nitrogen and oxygen atoms in total. The molecular formula is C19H24N2O4S. The summed E-state index contributed by atoms with van der Waals surface area (Å²) in [5.41, 5.74) is 2.43. The van der Waals surface area contributed by atoms with Gasteiger partial charge in [-0.05, 0) is 48.4 Å². The number of methoxy groups -OCH3 is 1. The van der Waals surface area contributed by atoms with E-state index < -0.39 is 10.0 Å². The lowest BCUT2D eigenvalue weighted by atomic mass is 9.95. The molecule has 0 aromatic heterocycles. The van der Waals surface area contributed by atoms with Gasteiger partial charge in [0.15, 0.2) is 0 Å². The molecule has 0 amide bonds. The van der Waals surface area contributed by atoms with Crippen LogP contribution in [0.5, 0.6) is 5.75 Å². The lowest BCUT2D eigenvalue weighted by molar-refractivity contribution is 0.146. The van der Waals surface area contributed by atoms with Crippen molar-refractivity contribution in [1.82, 2.24) is 10.0 Å². The second-order valence-electron chi connectivity index (χ2n) is 6.12. The summed E-state index contributed by atoms with van der Waals surface area (Å²) in [4.78, 5) is 0.223. The number of rotatable bonds is 8. The van der Waals surface area contributed by atoms with Gasteiger partial charge in [-0.25, -0.2) is 13.1 Å². The highest BCUT2D eigenvalue weighted by Crippen LogP contribution is 2.23. The molecule has 1 aliphatic heterocycles.